The zero-order valence-electron chi connectivity index (χ0n) is 17.6. The Hall–Kier alpha value is -4.06. The minimum Gasteiger partial charge on any atom is -0.488 e. The first kappa shape index (κ1) is 21.2. The van der Waals surface area contributed by atoms with Gasteiger partial charge in [0.2, 0.25) is 0 Å². The molecule has 0 bridgehead atoms. The van der Waals surface area contributed by atoms with E-state index in [-0.39, 0.29) is 25.2 Å². The lowest BCUT2D eigenvalue weighted by atomic mass is 10.1. The van der Waals surface area contributed by atoms with Gasteiger partial charge >= 0.3 is 5.97 Å². The molecule has 6 nitrogen and oxygen atoms in total. The molecule has 0 fully saturated rings. The van der Waals surface area contributed by atoms with Crippen LogP contribution < -0.4 is 14.9 Å². The molecule has 0 spiro atoms. The normalized spacial score (nSPS) is 10.7. The third kappa shape index (κ3) is 4.98. The van der Waals surface area contributed by atoms with Gasteiger partial charge in [0.15, 0.2) is 12.0 Å². The summed E-state index contributed by atoms with van der Waals surface area (Å²) in [6, 6.07) is 23.6. The fourth-order valence-electron chi connectivity index (χ4n) is 3.25. The lowest BCUT2D eigenvalue weighted by Crippen LogP contribution is -2.14. The Labute approximate surface area is 185 Å². The molecular weight excluding hydrogens is 408 g/mol. The predicted octanol–water partition coefficient (Wildman–Crippen LogP) is 4.98. The number of esters is 1. The molecule has 0 saturated carbocycles. The molecule has 0 unspecified atom stereocenters. The van der Waals surface area contributed by atoms with Crippen molar-refractivity contribution in [3.63, 3.8) is 0 Å². The van der Waals surface area contributed by atoms with Crippen molar-refractivity contribution < 1.29 is 23.4 Å². The molecule has 4 aromatic rings. The van der Waals surface area contributed by atoms with Gasteiger partial charge in [-0.2, -0.15) is 0 Å². The quantitative estimate of drug-likeness (QED) is 0.367. The van der Waals surface area contributed by atoms with Crippen molar-refractivity contribution in [2.45, 2.75) is 13.5 Å². The standard InChI is InChI=1S/C26H22O6/c1-2-29-25(28)17-30-20-13-23(31-16-18-9-5-3-6-10-18)26-21(27)15-22(32-24(26)14-20)19-11-7-4-8-12-19/h3-15H,2,16-17H2,1H3. The Balaban J connectivity index is 1.74. The highest BCUT2D eigenvalue weighted by Crippen LogP contribution is 2.32. The van der Waals surface area contributed by atoms with Crippen molar-refractivity contribution in [2.24, 2.45) is 0 Å². The van der Waals surface area contributed by atoms with Gasteiger partial charge in [-0.05, 0) is 12.5 Å². The molecule has 0 aliphatic rings. The predicted molar refractivity (Wildman–Crippen MR) is 121 cm³/mol. The number of carbonyl (C=O) groups is 1. The van der Waals surface area contributed by atoms with Crippen LogP contribution in [0.25, 0.3) is 22.3 Å². The van der Waals surface area contributed by atoms with Gasteiger partial charge in [-0.25, -0.2) is 4.79 Å². The van der Waals surface area contributed by atoms with Crippen LogP contribution in [0.5, 0.6) is 11.5 Å². The Morgan fingerprint density at radius 2 is 1.62 bits per heavy atom. The number of benzene rings is 3. The van der Waals surface area contributed by atoms with E-state index in [2.05, 4.69) is 0 Å². The van der Waals surface area contributed by atoms with Crippen LogP contribution in [0.1, 0.15) is 12.5 Å². The average molecular weight is 430 g/mol. The van der Waals surface area contributed by atoms with Crippen molar-refractivity contribution >= 4 is 16.9 Å². The van der Waals surface area contributed by atoms with Gasteiger partial charge in [0.1, 0.15) is 34.8 Å². The van der Waals surface area contributed by atoms with Gasteiger partial charge in [0.05, 0.1) is 6.61 Å². The molecule has 0 aliphatic heterocycles. The fraction of sp³-hybridized carbons (Fsp3) is 0.154. The van der Waals surface area contributed by atoms with E-state index in [1.807, 2.05) is 60.7 Å². The Kier molecular flexibility index (Phi) is 6.51. The van der Waals surface area contributed by atoms with Gasteiger partial charge < -0.3 is 18.6 Å². The average Bonchev–Trinajstić information content (AvgIpc) is 2.82. The van der Waals surface area contributed by atoms with E-state index in [1.54, 1.807) is 19.1 Å². The lowest BCUT2D eigenvalue weighted by Gasteiger charge is -2.13. The van der Waals surface area contributed by atoms with E-state index in [9.17, 15) is 9.59 Å². The van der Waals surface area contributed by atoms with Crippen LogP contribution >= 0.6 is 0 Å². The first-order valence-electron chi connectivity index (χ1n) is 10.3. The van der Waals surface area contributed by atoms with Gasteiger partial charge in [0.25, 0.3) is 0 Å². The maximum absolute atomic E-state index is 13.0. The second-order valence-electron chi connectivity index (χ2n) is 7.00. The second-order valence-corrected chi connectivity index (χ2v) is 7.00. The number of carbonyl (C=O) groups excluding carboxylic acids is 1. The molecule has 3 aromatic carbocycles. The van der Waals surface area contributed by atoms with E-state index < -0.39 is 5.97 Å². The summed E-state index contributed by atoms with van der Waals surface area (Å²) in [4.78, 5) is 24.7. The molecule has 32 heavy (non-hydrogen) atoms. The smallest absolute Gasteiger partial charge is 0.344 e. The summed E-state index contributed by atoms with van der Waals surface area (Å²) >= 11 is 0. The summed E-state index contributed by atoms with van der Waals surface area (Å²) in [6.45, 7) is 1.99. The molecular formula is C26H22O6. The summed E-state index contributed by atoms with van der Waals surface area (Å²) in [6.07, 6.45) is 0. The second kappa shape index (κ2) is 9.83. The molecule has 0 atom stereocenters. The van der Waals surface area contributed by atoms with Gasteiger partial charge in [-0.3, -0.25) is 4.79 Å². The summed E-state index contributed by atoms with van der Waals surface area (Å²) in [5, 5.41) is 0.309. The van der Waals surface area contributed by atoms with E-state index in [0.29, 0.717) is 28.2 Å². The van der Waals surface area contributed by atoms with Crippen molar-refractivity contribution in [3.8, 4) is 22.8 Å². The van der Waals surface area contributed by atoms with Crippen molar-refractivity contribution in [3.05, 3.63) is 94.6 Å². The highest BCUT2D eigenvalue weighted by Gasteiger charge is 2.15. The molecule has 0 saturated heterocycles. The van der Waals surface area contributed by atoms with Crippen LogP contribution in [0.2, 0.25) is 0 Å². The van der Waals surface area contributed by atoms with Crippen molar-refractivity contribution in [1.29, 1.82) is 0 Å². The summed E-state index contributed by atoms with van der Waals surface area (Å²) in [5.74, 6) is 0.596. The zero-order valence-corrected chi connectivity index (χ0v) is 17.6. The minimum absolute atomic E-state index is 0.231. The first-order valence-corrected chi connectivity index (χ1v) is 10.3. The molecule has 1 heterocycles. The summed E-state index contributed by atoms with van der Waals surface area (Å²) < 4.78 is 22.5. The number of hydrogen-bond acceptors (Lipinski definition) is 6. The van der Waals surface area contributed by atoms with Crippen molar-refractivity contribution in [2.75, 3.05) is 13.2 Å². The molecule has 0 amide bonds. The first-order chi connectivity index (χ1) is 15.6. The molecule has 0 radical (unpaired) electrons. The Morgan fingerprint density at radius 1 is 0.906 bits per heavy atom. The highest BCUT2D eigenvalue weighted by atomic mass is 16.6. The topological polar surface area (TPSA) is 75.0 Å². The van der Waals surface area contributed by atoms with Crippen LogP contribution in [0.3, 0.4) is 0 Å². The van der Waals surface area contributed by atoms with Gasteiger partial charge in [-0.1, -0.05) is 60.7 Å². The van der Waals surface area contributed by atoms with Crippen LogP contribution in [-0.4, -0.2) is 19.2 Å². The van der Waals surface area contributed by atoms with Gasteiger partial charge in [0, 0.05) is 23.8 Å². The van der Waals surface area contributed by atoms with E-state index in [1.165, 1.54) is 6.07 Å². The number of ether oxygens (including phenoxy) is 3. The van der Waals surface area contributed by atoms with Crippen LogP contribution in [0, 0.1) is 0 Å². The minimum atomic E-state index is -0.487. The number of hydrogen-bond donors (Lipinski definition) is 0. The van der Waals surface area contributed by atoms with Crippen LogP contribution in [-0.2, 0) is 16.1 Å². The van der Waals surface area contributed by atoms with E-state index in [0.717, 1.165) is 11.1 Å². The largest absolute Gasteiger partial charge is 0.488 e. The number of rotatable bonds is 8. The van der Waals surface area contributed by atoms with Gasteiger partial charge in [-0.15, -0.1) is 0 Å². The maximum atomic E-state index is 13.0. The molecule has 1 aromatic heterocycles. The van der Waals surface area contributed by atoms with Crippen LogP contribution in [0.4, 0.5) is 0 Å². The molecule has 4 rings (SSSR count). The molecule has 6 heteroatoms. The molecule has 162 valence electrons. The summed E-state index contributed by atoms with van der Waals surface area (Å²) in [7, 11) is 0. The van der Waals surface area contributed by atoms with E-state index in [4.69, 9.17) is 18.6 Å². The van der Waals surface area contributed by atoms with Crippen LogP contribution in [0.15, 0.2) is 88.1 Å². The SMILES string of the molecule is CCOC(=O)COc1cc(OCc2ccccc2)c2c(=O)cc(-c3ccccc3)oc2c1. The van der Waals surface area contributed by atoms with Crippen molar-refractivity contribution in [1.82, 2.24) is 0 Å². The highest BCUT2D eigenvalue weighted by molar-refractivity contribution is 5.86. The molecule has 0 N–H and O–H groups in total. The summed E-state index contributed by atoms with van der Waals surface area (Å²) in [5.41, 5.74) is 1.80. The lowest BCUT2D eigenvalue weighted by molar-refractivity contribution is -0.145. The monoisotopic (exact) mass is 430 g/mol. The maximum Gasteiger partial charge on any atom is 0.344 e. The Bertz CT molecular complexity index is 1260. The Morgan fingerprint density at radius 3 is 2.34 bits per heavy atom. The zero-order chi connectivity index (χ0) is 22.3. The molecule has 0 aliphatic carbocycles. The fourth-order valence-corrected chi connectivity index (χ4v) is 3.25. The third-order valence-electron chi connectivity index (χ3n) is 4.73. The third-order valence-corrected chi connectivity index (χ3v) is 4.73. The van der Waals surface area contributed by atoms with E-state index >= 15 is 0 Å². The number of fused-ring (bicyclic) bond motifs is 1.